The summed E-state index contributed by atoms with van der Waals surface area (Å²) in [5, 5.41) is 12.7. The van der Waals surface area contributed by atoms with Crippen molar-refractivity contribution in [3.63, 3.8) is 0 Å². The molecule has 2 aromatic heterocycles. The van der Waals surface area contributed by atoms with Crippen molar-refractivity contribution in [2.24, 2.45) is 10.2 Å². The van der Waals surface area contributed by atoms with Gasteiger partial charge in [0.1, 0.15) is 5.69 Å². The Balaban J connectivity index is 2.19. The lowest BCUT2D eigenvalue weighted by Gasteiger charge is -2.02. The van der Waals surface area contributed by atoms with Crippen molar-refractivity contribution in [2.45, 2.75) is 13.0 Å². The molecule has 0 saturated carbocycles. The Labute approximate surface area is 102 Å². The molecule has 2 nitrogen and oxygen atoms in total. The summed E-state index contributed by atoms with van der Waals surface area (Å²) in [6, 6.07) is 6.41. The van der Waals surface area contributed by atoms with Gasteiger partial charge in [0.05, 0.1) is 10.9 Å². The first-order valence-electron chi connectivity index (χ1n) is 5.09. The lowest BCUT2D eigenvalue weighted by Crippen LogP contribution is -1.91. The Kier molecular flexibility index (Phi) is 2.46. The Morgan fingerprint density at radius 3 is 2.94 bits per heavy atom. The van der Waals surface area contributed by atoms with Gasteiger partial charge in [-0.2, -0.15) is 10.2 Å². The zero-order valence-electron chi connectivity index (χ0n) is 8.75. The van der Waals surface area contributed by atoms with Crippen molar-refractivity contribution in [3.05, 3.63) is 44.8 Å². The molecule has 0 aliphatic carbocycles. The Morgan fingerprint density at radius 2 is 2.12 bits per heavy atom. The lowest BCUT2D eigenvalue weighted by molar-refractivity contribution is 0.860. The number of hydrogen-bond acceptors (Lipinski definition) is 4. The molecule has 0 fully saturated rings. The van der Waals surface area contributed by atoms with Crippen LogP contribution < -0.4 is 0 Å². The van der Waals surface area contributed by atoms with E-state index < -0.39 is 0 Å². The summed E-state index contributed by atoms with van der Waals surface area (Å²) >= 11 is 3.49. The van der Waals surface area contributed by atoms with Gasteiger partial charge in [0.15, 0.2) is 0 Å². The van der Waals surface area contributed by atoms with E-state index in [0.29, 0.717) is 0 Å². The third kappa shape index (κ3) is 1.64. The van der Waals surface area contributed by atoms with Crippen molar-refractivity contribution in [3.8, 4) is 0 Å². The number of thiophene rings is 2. The van der Waals surface area contributed by atoms with Crippen LogP contribution in [0.2, 0.25) is 0 Å². The molecule has 1 unspecified atom stereocenters. The van der Waals surface area contributed by atoms with E-state index in [2.05, 4.69) is 46.1 Å². The quantitative estimate of drug-likeness (QED) is 0.695. The molecule has 0 spiro atoms. The van der Waals surface area contributed by atoms with E-state index in [1.165, 1.54) is 15.3 Å². The van der Waals surface area contributed by atoms with Crippen LogP contribution in [0.3, 0.4) is 0 Å². The van der Waals surface area contributed by atoms with Crippen LogP contribution in [0.4, 0.5) is 5.69 Å². The monoisotopic (exact) mass is 246 g/mol. The van der Waals surface area contributed by atoms with E-state index in [4.69, 9.17) is 0 Å². The highest BCUT2D eigenvalue weighted by Gasteiger charge is 2.16. The number of fused-ring (bicyclic) bond motifs is 1. The molecule has 4 heteroatoms. The number of rotatable bonds is 1. The molecule has 0 bridgehead atoms. The summed E-state index contributed by atoms with van der Waals surface area (Å²) in [5.41, 5.74) is 2.27. The minimum atomic E-state index is 0.150. The zero-order chi connectivity index (χ0) is 11.0. The van der Waals surface area contributed by atoms with Crippen LogP contribution in [0.5, 0.6) is 0 Å². The van der Waals surface area contributed by atoms with Crippen molar-refractivity contribution in [1.82, 2.24) is 0 Å². The van der Waals surface area contributed by atoms with Crippen molar-refractivity contribution in [2.75, 3.05) is 0 Å². The maximum Gasteiger partial charge on any atom is 0.104 e. The van der Waals surface area contributed by atoms with Crippen LogP contribution in [-0.2, 0) is 0 Å². The van der Waals surface area contributed by atoms with Crippen molar-refractivity contribution in [1.29, 1.82) is 0 Å². The van der Waals surface area contributed by atoms with Gasteiger partial charge in [0.2, 0.25) is 0 Å². The first-order valence-corrected chi connectivity index (χ1v) is 6.85. The average molecular weight is 246 g/mol. The second kappa shape index (κ2) is 3.96. The van der Waals surface area contributed by atoms with Crippen LogP contribution >= 0.6 is 22.7 Å². The van der Waals surface area contributed by atoms with Crippen molar-refractivity contribution >= 4 is 33.9 Å². The third-order valence-electron chi connectivity index (χ3n) is 2.43. The van der Waals surface area contributed by atoms with Gasteiger partial charge in [-0.1, -0.05) is 6.07 Å². The number of nitrogens with zero attached hydrogens (tertiary/aromatic N) is 2. The second-order valence-electron chi connectivity index (χ2n) is 3.65. The lowest BCUT2D eigenvalue weighted by atomic mass is 10.1. The molecule has 1 aliphatic heterocycles. The highest BCUT2D eigenvalue weighted by atomic mass is 32.1. The third-order valence-corrected chi connectivity index (χ3v) is 4.27. The zero-order valence-corrected chi connectivity index (χ0v) is 10.4. The van der Waals surface area contributed by atoms with E-state index in [1.807, 2.05) is 6.07 Å². The van der Waals surface area contributed by atoms with Gasteiger partial charge in [-0.3, -0.25) is 0 Å². The molecule has 0 saturated heterocycles. The smallest absolute Gasteiger partial charge is 0.104 e. The summed E-state index contributed by atoms with van der Waals surface area (Å²) < 4.78 is 0. The standard InChI is InChI=1S/C12H10N2S2/c1-8-7-9(11-3-2-5-15-11)12-10(14-13-8)4-6-16-12/h2-8H,1H3. The molecule has 0 radical (unpaired) electrons. The molecule has 3 rings (SSSR count). The van der Waals surface area contributed by atoms with Gasteiger partial charge >= 0.3 is 0 Å². The minimum Gasteiger partial charge on any atom is -0.181 e. The molecule has 0 N–H and O–H groups in total. The van der Waals surface area contributed by atoms with E-state index in [9.17, 15) is 0 Å². The molecule has 0 amide bonds. The van der Waals surface area contributed by atoms with Gasteiger partial charge < -0.3 is 0 Å². The van der Waals surface area contributed by atoms with Gasteiger partial charge in [-0.15, -0.1) is 22.7 Å². The first kappa shape index (κ1) is 9.93. The topological polar surface area (TPSA) is 24.7 Å². The molecular formula is C12H10N2S2. The van der Waals surface area contributed by atoms with Crippen molar-refractivity contribution < 1.29 is 0 Å². The molecule has 3 heterocycles. The fourth-order valence-corrected chi connectivity index (χ4v) is 3.40. The fourth-order valence-electron chi connectivity index (χ4n) is 1.71. The Hall–Kier alpha value is -1.26. The molecule has 0 aromatic carbocycles. The van der Waals surface area contributed by atoms with Crippen LogP contribution in [0, 0.1) is 0 Å². The SMILES string of the molecule is CC1C=C(c2cccs2)c2sccc2N=N1. The van der Waals surface area contributed by atoms with E-state index >= 15 is 0 Å². The summed E-state index contributed by atoms with van der Waals surface area (Å²) in [7, 11) is 0. The second-order valence-corrected chi connectivity index (χ2v) is 5.51. The maximum absolute atomic E-state index is 4.28. The highest BCUT2D eigenvalue weighted by molar-refractivity contribution is 7.14. The molecule has 16 heavy (non-hydrogen) atoms. The van der Waals surface area contributed by atoms with Gasteiger partial charge in [-0.05, 0) is 35.9 Å². The van der Waals surface area contributed by atoms with E-state index in [-0.39, 0.29) is 6.04 Å². The molecule has 2 aromatic rings. The predicted octanol–water partition coefficient (Wildman–Crippen LogP) is 4.73. The van der Waals surface area contributed by atoms with Crippen LogP contribution in [-0.4, -0.2) is 6.04 Å². The first-order chi connectivity index (χ1) is 7.84. The Morgan fingerprint density at radius 1 is 1.19 bits per heavy atom. The number of azo groups is 1. The largest absolute Gasteiger partial charge is 0.181 e. The number of hydrogen-bond donors (Lipinski definition) is 0. The summed E-state index contributed by atoms with van der Waals surface area (Å²) in [4.78, 5) is 2.53. The Bertz CT molecular complexity index is 549. The van der Waals surface area contributed by atoms with Gasteiger partial charge in [0.25, 0.3) is 0 Å². The van der Waals surface area contributed by atoms with Crippen LogP contribution in [0.15, 0.2) is 45.3 Å². The van der Waals surface area contributed by atoms with Gasteiger partial charge in [0, 0.05) is 10.5 Å². The fraction of sp³-hybridized carbons (Fsp3) is 0.167. The van der Waals surface area contributed by atoms with E-state index in [1.54, 1.807) is 22.7 Å². The highest BCUT2D eigenvalue weighted by Crippen LogP contribution is 2.39. The molecular weight excluding hydrogens is 236 g/mol. The predicted molar refractivity (Wildman–Crippen MR) is 69.7 cm³/mol. The van der Waals surface area contributed by atoms with Gasteiger partial charge in [-0.25, -0.2) is 0 Å². The summed E-state index contributed by atoms with van der Waals surface area (Å²) in [5.74, 6) is 0. The van der Waals surface area contributed by atoms with Crippen LogP contribution in [0.1, 0.15) is 16.7 Å². The average Bonchev–Trinajstić information content (AvgIpc) is 2.93. The molecule has 1 atom stereocenters. The summed E-state index contributed by atoms with van der Waals surface area (Å²) in [6.45, 7) is 2.06. The normalized spacial score (nSPS) is 19.1. The van der Waals surface area contributed by atoms with E-state index in [0.717, 1.165) is 5.69 Å². The minimum absolute atomic E-state index is 0.150. The maximum atomic E-state index is 4.28. The van der Waals surface area contributed by atoms with Crippen LogP contribution in [0.25, 0.3) is 5.57 Å². The molecule has 1 aliphatic rings. The summed E-state index contributed by atoms with van der Waals surface area (Å²) in [6.07, 6.45) is 2.19. The molecule has 80 valence electrons.